The van der Waals surface area contributed by atoms with Crippen molar-refractivity contribution >= 4 is 16.0 Å². The van der Waals surface area contributed by atoms with Gasteiger partial charge in [-0.05, 0) is 43.0 Å². The zero-order valence-corrected chi connectivity index (χ0v) is 12.0. The molecule has 0 aromatic heterocycles. The second-order valence-electron chi connectivity index (χ2n) is 4.65. The monoisotopic (exact) mass is 299 g/mol. The van der Waals surface area contributed by atoms with E-state index in [1.165, 1.54) is 31.9 Å². The van der Waals surface area contributed by atoms with E-state index >= 15 is 0 Å². The molecule has 7 heteroatoms. The largest absolute Gasteiger partial charge is 0.493 e. The molecule has 0 heterocycles. The van der Waals surface area contributed by atoms with Crippen molar-refractivity contribution in [3.63, 3.8) is 0 Å². The molecular formula is C13H17NO5S. The molecule has 0 unspecified atom stereocenters. The fourth-order valence-corrected chi connectivity index (χ4v) is 2.38. The molecule has 1 fully saturated rings. The first-order valence-electron chi connectivity index (χ1n) is 6.33. The van der Waals surface area contributed by atoms with E-state index in [4.69, 9.17) is 4.74 Å². The van der Waals surface area contributed by atoms with Gasteiger partial charge in [0.2, 0.25) is 10.0 Å². The molecule has 0 radical (unpaired) electrons. The van der Waals surface area contributed by atoms with Gasteiger partial charge >= 0.3 is 5.97 Å². The average Bonchev–Trinajstić information content (AvgIpc) is 3.20. The minimum atomic E-state index is -3.67. The van der Waals surface area contributed by atoms with Crippen molar-refractivity contribution in [1.82, 2.24) is 4.72 Å². The van der Waals surface area contributed by atoms with E-state index in [1.54, 1.807) is 12.1 Å². The van der Waals surface area contributed by atoms with E-state index < -0.39 is 16.0 Å². The minimum absolute atomic E-state index is 0.100. The summed E-state index contributed by atoms with van der Waals surface area (Å²) in [7, 11) is -3.67. The molecule has 1 aliphatic carbocycles. The zero-order chi connectivity index (χ0) is 14.6. The number of ether oxygens (including phenoxy) is 2. The molecular weight excluding hydrogens is 282 g/mol. The smallest absolute Gasteiger partial charge is 0.303 e. The number of esters is 1. The van der Waals surface area contributed by atoms with Crippen molar-refractivity contribution in [2.75, 3.05) is 13.3 Å². The van der Waals surface area contributed by atoms with Crippen LogP contribution >= 0.6 is 0 Å². The second-order valence-corrected chi connectivity index (χ2v) is 6.42. The van der Waals surface area contributed by atoms with Gasteiger partial charge in [0.05, 0.1) is 11.5 Å². The summed E-state index contributed by atoms with van der Waals surface area (Å²) in [5, 5.41) is 0. The van der Waals surface area contributed by atoms with Crippen molar-refractivity contribution in [2.24, 2.45) is 5.92 Å². The average molecular weight is 299 g/mol. The van der Waals surface area contributed by atoms with Crippen molar-refractivity contribution < 1.29 is 22.7 Å². The van der Waals surface area contributed by atoms with Crippen LogP contribution in [-0.4, -0.2) is 27.7 Å². The van der Waals surface area contributed by atoms with Crippen LogP contribution in [0.15, 0.2) is 29.2 Å². The van der Waals surface area contributed by atoms with Crippen LogP contribution in [-0.2, 0) is 19.6 Å². The van der Waals surface area contributed by atoms with Crippen LogP contribution in [0.25, 0.3) is 0 Å². The van der Waals surface area contributed by atoms with Gasteiger partial charge in [-0.3, -0.25) is 4.79 Å². The normalized spacial score (nSPS) is 14.8. The van der Waals surface area contributed by atoms with Crippen LogP contribution in [0.4, 0.5) is 0 Å². The molecule has 6 nitrogen and oxygen atoms in total. The van der Waals surface area contributed by atoms with Crippen LogP contribution in [0.2, 0.25) is 0 Å². The van der Waals surface area contributed by atoms with Crippen molar-refractivity contribution in [3.8, 4) is 5.75 Å². The Kier molecular flexibility index (Phi) is 4.61. The topological polar surface area (TPSA) is 81.7 Å². The van der Waals surface area contributed by atoms with E-state index in [0.717, 1.165) is 0 Å². The molecule has 1 N–H and O–H groups in total. The van der Waals surface area contributed by atoms with Crippen LogP contribution in [0.1, 0.15) is 19.8 Å². The molecule has 1 aromatic carbocycles. The Labute approximate surface area is 118 Å². The summed E-state index contributed by atoms with van der Waals surface area (Å²) in [6.07, 6.45) is 2.40. The Bertz CT molecular complexity index is 563. The lowest BCUT2D eigenvalue weighted by Crippen LogP contribution is -2.27. The van der Waals surface area contributed by atoms with Crippen LogP contribution < -0.4 is 9.46 Å². The van der Waals surface area contributed by atoms with Crippen LogP contribution in [0.3, 0.4) is 0 Å². The number of benzene rings is 1. The number of carbonyl (C=O) groups excluding carboxylic acids is 1. The summed E-state index contributed by atoms with van der Waals surface area (Å²) < 4.78 is 36.0. The highest BCUT2D eigenvalue weighted by molar-refractivity contribution is 7.89. The summed E-state index contributed by atoms with van der Waals surface area (Å²) in [5.74, 6) is 0.746. The SMILES string of the molecule is CC(=O)OCNS(=O)(=O)c1ccc(OCC2CC2)cc1. The van der Waals surface area contributed by atoms with Crippen molar-refractivity contribution in [3.05, 3.63) is 24.3 Å². The van der Waals surface area contributed by atoms with Gasteiger partial charge in [0.15, 0.2) is 6.73 Å². The first kappa shape index (κ1) is 14.8. The fraction of sp³-hybridized carbons (Fsp3) is 0.462. The Morgan fingerprint density at radius 2 is 1.95 bits per heavy atom. The molecule has 110 valence electrons. The van der Waals surface area contributed by atoms with Gasteiger partial charge in [-0.1, -0.05) is 0 Å². The van der Waals surface area contributed by atoms with Crippen LogP contribution in [0, 0.1) is 5.92 Å². The van der Waals surface area contributed by atoms with Gasteiger partial charge < -0.3 is 9.47 Å². The summed E-state index contributed by atoms with van der Waals surface area (Å²) >= 11 is 0. The molecule has 0 amide bonds. The summed E-state index contributed by atoms with van der Waals surface area (Å²) in [4.78, 5) is 10.7. The number of carbonyl (C=O) groups is 1. The van der Waals surface area contributed by atoms with Gasteiger partial charge in [-0.15, -0.1) is 0 Å². The lowest BCUT2D eigenvalue weighted by Gasteiger charge is -2.08. The van der Waals surface area contributed by atoms with Crippen molar-refractivity contribution in [2.45, 2.75) is 24.7 Å². The molecule has 0 spiro atoms. The predicted molar refractivity (Wildman–Crippen MR) is 71.6 cm³/mol. The highest BCUT2D eigenvalue weighted by atomic mass is 32.2. The Morgan fingerprint density at radius 3 is 2.50 bits per heavy atom. The molecule has 1 aromatic rings. The van der Waals surface area contributed by atoms with Crippen LogP contribution in [0.5, 0.6) is 5.75 Å². The molecule has 0 saturated heterocycles. The minimum Gasteiger partial charge on any atom is -0.493 e. The third-order valence-corrected chi connectivity index (χ3v) is 4.23. The Hall–Kier alpha value is -1.60. The number of hydrogen-bond donors (Lipinski definition) is 1. The lowest BCUT2D eigenvalue weighted by atomic mass is 10.3. The van der Waals surface area contributed by atoms with E-state index in [9.17, 15) is 13.2 Å². The second kappa shape index (κ2) is 6.23. The maximum absolute atomic E-state index is 11.9. The predicted octanol–water partition coefficient (Wildman–Crippen LogP) is 1.27. The molecule has 20 heavy (non-hydrogen) atoms. The number of rotatable bonds is 7. The first-order chi connectivity index (χ1) is 9.47. The van der Waals surface area contributed by atoms with Gasteiger partial charge in [0.1, 0.15) is 5.75 Å². The summed E-state index contributed by atoms with van der Waals surface area (Å²) in [6, 6.07) is 6.14. The van der Waals surface area contributed by atoms with E-state index in [2.05, 4.69) is 9.46 Å². The molecule has 0 aliphatic heterocycles. The highest BCUT2D eigenvalue weighted by Gasteiger charge is 2.22. The maximum Gasteiger partial charge on any atom is 0.303 e. The molecule has 1 saturated carbocycles. The summed E-state index contributed by atoms with van der Waals surface area (Å²) in [5.41, 5.74) is 0. The van der Waals surface area contributed by atoms with Gasteiger partial charge in [-0.2, -0.15) is 4.72 Å². The molecule has 0 bridgehead atoms. The van der Waals surface area contributed by atoms with E-state index in [-0.39, 0.29) is 11.6 Å². The molecule has 1 aliphatic rings. The molecule has 0 atom stereocenters. The summed E-state index contributed by atoms with van der Waals surface area (Å²) in [6.45, 7) is 1.51. The maximum atomic E-state index is 11.9. The number of nitrogens with one attached hydrogen (secondary N) is 1. The fourth-order valence-electron chi connectivity index (χ4n) is 1.51. The van der Waals surface area contributed by atoms with Gasteiger partial charge in [0, 0.05) is 6.92 Å². The van der Waals surface area contributed by atoms with Gasteiger partial charge in [0.25, 0.3) is 0 Å². The zero-order valence-electron chi connectivity index (χ0n) is 11.2. The van der Waals surface area contributed by atoms with Gasteiger partial charge in [-0.25, -0.2) is 8.42 Å². The standard InChI is InChI=1S/C13H17NO5S/c1-10(15)19-9-14-20(16,17)13-6-4-12(5-7-13)18-8-11-2-3-11/h4-7,11,14H,2-3,8-9H2,1H3. The van der Waals surface area contributed by atoms with E-state index in [1.807, 2.05) is 0 Å². The Morgan fingerprint density at radius 1 is 1.30 bits per heavy atom. The third-order valence-electron chi connectivity index (χ3n) is 2.84. The molecule has 2 rings (SSSR count). The first-order valence-corrected chi connectivity index (χ1v) is 7.81. The lowest BCUT2D eigenvalue weighted by molar-refractivity contribution is -0.141. The highest BCUT2D eigenvalue weighted by Crippen LogP contribution is 2.29. The van der Waals surface area contributed by atoms with E-state index in [0.29, 0.717) is 18.3 Å². The number of hydrogen-bond acceptors (Lipinski definition) is 5. The quantitative estimate of drug-likeness (QED) is 0.606. The Balaban J connectivity index is 1.91. The number of sulfonamides is 1. The van der Waals surface area contributed by atoms with Crippen molar-refractivity contribution in [1.29, 1.82) is 0 Å². The third kappa shape index (κ3) is 4.50.